The van der Waals surface area contributed by atoms with Crippen LogP contribution in [0.4, 0.5) is 0 Å². The summed E-state index contributed by atoms with van der Waals surface area (Å²) < 4.78 is 16.5. The van der Waals surface area contributed by atoms with Gasteiger partial charge in [0, 0.05) is 18.4 Å². The SMILES string of the molecule is COCc1cc(C)n(CC(=O)OCc2ccc(OC)cc2)c(=O)c1C#N. The number of carbonyl (C=O) groups is 1. The molecule has 7 nitrogen and oxygen atoms in total. The van der Waals surface area contributed by atoms with Crippen molar-refractivity contribution in [3.8, 4) is 11.8 Å². The Kier molecular flexibility index (Phi) is 6.53. The third-order valence-corrected chi connectivity index (χ3v) is 3.85. The molecule has 2 rings (SSSR count). The first kappa shape index (κ1) is 19.2. The van der Waals surface area contributed by atoms with E-state index in [0.717, 1.165) is 5.56 Å². The van der Waals surface area contributed by atoms with Crippen LogP contribution in [0.25, 0.3) is 0 Å². The molecule has 1 aromatic heterocycles. The van der Waals surface area contributed by atoms with Gasteiger partial charge in [-0.1, -0.05) is 12.1 Å². The number of hydrogen-bond donors (Lipinski definition) is 0. The van der Waals surface area contributed by atoms with Gasteiger partial charge in [0.2, 0.25) is 0 Å². The Labute approximate surface area is 151 Å². The van der Waals surface area contributed by atoms with Crippen molar-refractivity contribution in [3.63, 3.8) is 0 Å². The van der Waals surface area contributed by atoms with Gasteiger partial charge in [0.15, 0.2) is 0 Å². The van der Waals surface area contributed by atoms with Crippen molar-refractivity contribution in [2.45, 2.75) is 26.7 Å². The third-order valence-electron chi connectivity index (χ3n) is 3.85. The Morgan fingerprint density at radius 3 is 2.46 bits per heavy atom. The lowest BCUT2D eigenvalue weighted by Gasteiger charge is -2.13. The van der Waals surface area contributed by atoms with Crippen LogP contribution in [0.5, 0.6) is 5.75 Å². The molecule has 0 fully saturated rings. The average Bonchev–Trinajstić information content (AvgIpc) is 2.64. The normalized spacial score (nSPS) is 10.2. The molecule has 0 amide bonds. The van der Waals surface area contributed by atoms with E-state index in [1.807, 2.05) is 6.07 Å². The number of nitriles is 1. The maximum absolute atomic E-state index is 12.5. The van der Waals surface area contributed by atoms with Gasteiger partial charge in [-0.2, -0.15) is 5.26 Å². The minimum absolute atomic E-state index is 0.0274. The van der Waals surface area contributed by atoms with Gasteiger partial charge in [-0.15, -0.1) is 0 Å². The van der Waals surface area contributed by atoms with Gasteiger partial charge in [0.1, 0.15) is 30.5 Å². The summed E-state index contributed by atoms with van der Waals surface area (Å²) in [5.74, 6) is 0.150. The van der Waals surface area contributed by atoms with E-state index in [0.29, 0.717) is 17.0 Å². The number of carbonyl (C=O) groups excluding carboxylic acids is 1. The van der Waals surface area contributed by atoms with E-state index in [1.54, 1.807) is 44.4 Å². The highest BCUT2D eigenvalue weighted by molar-refractivity contribution is 5.69. The van der Waals surface area contributed by atoms with E-state index in [-0.39, 0.29) is 25.3 Å². The molecule has 0 aliphatic carbocycles. The van der Waals surface area contributed by atoms with Crippen molar-refractivity contribution < 1.29 is 19.0 Å². The molecule has 1 aromatic carbocycles. The van der Waals surface area contributed by atoms with Crippen molar-refractivity contribution in [3.05, 3.63) is 63.1 Å². The Hall–Kier alpha value is -3.11. The summed E-state index contributed by atoms with van der Waals surface area (Å²) in [4.78, 5) is 24.6. The molecule has 1 heterocycles. The van der Waals surface area contributed by atoms with Crippen LogP contribution in [0.2, 0.25) is 0 Å². The van der Waals surface area contributed by atoms with Crippen LogP contribution in [0.3, 0.4) is 0 Å². The van der Waals surface area contributed by atoms with Crippen molar-refractivity contribution in [2.24, 2.45) is 0 Å². The number of pyridine rings is 1. The maximum atomic E-state index is 12.5. The summed E-state index contributed by atoms with van der Waals surface area (Å²) in [5, 5.41) is 9.22. The molecule has 26 heavy (non-hydrogen) atoms. The molecule has 0 atom stereocenters. The predicted octanol–water partition coefficient (Wildman–Crippen LogP) is 1.93. The second-order valence-corrected chi connectivity index (χ2v) is 5.63. The quantitative estimate of drug-likeness (QED) is 0.704. The molecule has 0 aliphatic rings. The standard InChI is InChI=1S/C19H20N2O5/c1-13-8-15(12-24-2)17(9-20)19(23)21(13)10-18(22)26-11-14-4-6-16(25-3)7-5-14/h4-8H,10-12H2,1-3H3. The van der Waals surface area contributed by atoms with E-state index in [1.165, 1.54) is 11.7 Å². The number of nitrogens with zero attached hydrogens (tertiary/aromatic N) is 2. The third kappa shape index (κ3) is 4.49. The van der Waals surface area contributed by atoms with Gasteiger partial charge in [-0.05, 0) is 30.7 Å². The van der Waals surface area contributed by atoms with E-state index in [2.05, 4.69) is 0 Å². The monoisotopic (exact) mass is 356 g/mol. The molecule has 0 unspecified atom stereocenters. The predicted molar refractivity (Wildman–Crippen MR) is 93.7 cm³/mol. The lowest BCUT2D eigenvalue weighted by molar-refractivity contribution is -0.145. The zero-order valence-electron chi connectivity index (χ0n) is 14.9. The largest absolute Gasteiger partial charge is 0.497 e. The Balaban J connectivity index is 2.11. The van der Waals surface area contributed by atoms with Crippen molar-refractivity contribution in [1.82, 2.24) is 4.57 Å². The highest BCUT2D eigenvalue weighted by Crippen LogP contribution is 2.12. The highest BCUT2D eigenvalue weighted by atomic mass is 16.5. The van der Waals surface area contributed by atoms with Gasteiger partial charge in [0.25, 0.3) is 5.56 Å². The molecule has 0 saturated heterocycles. The first-order valence-corrected chi connectivity index (χ1v) is 7.91. The number of hydrogen-bond acceptors (Lipinski definition) is 6. The summed E-state index contributed by atoms with van der Waals surface area (Å²) in [6.45, 7) is 1.67. The van der Waals surface area contributed by atoms with Crippen LogP contribution in [-0.2, 0) is 34.0 Å². The second kappa shape index (κ2) is 8.83. The molecular weight excluding hydrogens is 336 g/mol. The summed E-state index contributed by atoms with van der Waals surface area (Å²) >= 11 is 0. The van der Waals surface area contributed by atoms with Gasteiger partial charge in [0.05, 0.1) is 13.7 Å². The number of benzene rings is 1. The summed E-state index contributed by atoms with van der Waals surface area (Å²) in [5.41, 5.74) is 1.31. The van der Waals surface area contributed by atoms with Crippen molar-refractivity contribution in [1.29, 1.82) is 5.26 Å². The Bertz CT molecular complexity index is 879. The van der Waals surface area contributed by atoms with E-state index >= 15 is 0 Å². The zero-order chi connectivity index (χ0) is 19.1. The van der Waals surface area contributed by atoms with Crippen LogP contribution >= 0.6 is 0 Å². The van der Waals surface area contributed by atoms with E-state index < -0.39 is 11.5 Å². The van der Waals surface area contributed by atoms with Crippen LogP contribution in [0.15, 0.2) is 35.1 Å². The molecule has 0 bridgehead atoms. The summed E-state index contributed by atoms with van der Waals surface area (Å²) in [6.07, 6.45) is 0. The maximum Gasteiger partial charge on any atom is 0.326 e. The number of esters is 1. The topological polar surface area (TPSA) is 90.5 Å². The summed E-state index contributed by atoms with van der Waals surface area (Å²) in [7, 11) is 3.06. The number of aryl methyl sites for hydroxylation is 1. The van der Waals surface area contributed by atoms with Crippen LogP contribution < -0.4 is 10.3 Å². The molecule has 136 valence electrons. The first-order valence-electron chi connectivity index (χ1n) is 7.91. The first-order chi connectivity index (χ1) is 12.5. The molecule has 7 heteroatoms. The Morgan fingerprint density at radius 1 is 1.19 bits per heavy atom. The van der Waals surface area contributed by atoms with Crippen molar-refractivity contribution in [2.75, 3.05) is 14.2 Å². The van der Waals surface area contributed by atoms with Gasteiger partial charge in [-0.25, -0.2) is 0 Å². The molecule has 0 saturated carbocycles. The zero-order valence-corrected chi connectivity index (χ0v) is 14.9. The number of ether oxygens (including phenoxy) is 3. The molecule has 2 aromatic rings. The molecule has 0 spiro atoms. The van der Waals surface area contributed by atoms with Gasteiger partial charge in [-0.3, -0.25) is 9.59 Å². The smallest absolute Gasteiger partial charge is 0.326 e. The van der Waals surface area contributed by atoms with E-state index in [9.17, 15) is 14.9 Å². The minimum Gasteiger partial charge on any atom is -0.497 e. The Morgan fingerprint density at radius 2 is 1.88 bits per heavy atom. The molecule has 0 aliphatic heterocycles. The lowest BCUT2D eigenvalue weighted by Crippen LogP contribution is -2.30. The van der Waals surface area contributed by atoms with Crippen molar-refractivity contribution >= 4 is 5.97 Å². The lowest BCUT2D eigenvalue weighted by atomic mass is 10.1. The average molecular weight is 356 g/mol. The highest BCUT2D eigenvalue weighted by Gasteiger charge is 2.15. The fraction of sp³-hybridized carbons (Fsp3) is 0.316. The molecule has 0 radical (unpaired) electrons. The molecular formula is C19H20N2O5. The minimum atomic E-state index is -0.561. The summed E-state index contributed by atoms with van der Waals surface area (Å²) in [6, 6.07) is 10.7. The second-order valence-electron chi connectivity index (χ2n) is 5.63. The van der Waals surface area contributed by atoms with Crippen LogP contribution in [0, 0.1) is 18.3 Å². The number of rotatable bonds is 7. The van der Waals surface area contributed by atoms with Crippen LogP contribution in [0.1, 0.15) is 22.4 Å². The van der Waals surface area contributed by atoms with E-state index in [4.69, 9.17) is 14.2 Å². The molecule has 0 N–H and O–H groups in total. The fourth-order valence-electron chi connectivity index (χ4n) is 2.48. The number of methoxy groups -OCH3 is 2. The van der Waals surface area contributed by atoms with Crippen LogP contribution in [-0.4, -0.2) is 24.8 Å². The van der Waals surface area contributed by atoms with Gasteiger partial charge >= 0.3 is 5.97 Å². The van der Waals surface area contributed by atoms with Gasteiger partial charge < -0.3 is 18.8 Å². The number of aromatic nitrogens is 1. The fourth-order valence-corrected chi connectivity index (χ4v) is 2.48.